The molecule has 2 fully saturated rings. The van der Waals surface area contributed by atoms with Gasteiger partial charge in [-0.25, -0.2) is 4.79 Å². The fraction of sp³-hybridized carbons (Fsp3) is 0.320. The molecule has 2 amide bonds. The maximum Gasteiger partial charge on any atom is 0.342 e. The second-order valence-corrected chi connectivity index (χ2v) is 8.77. The van der Waals surface area contributed by atoms with E-state index in [0.717, 1.165) is 43.4 Å². The molecular formula is C25H26N4O3. The number of aryl methyl sites for hydroxylation is 1. The van der Waals surface area contributed by atoms with Gasteiger partial charge >= 0.3 is 6.03 Å². The maximum atomic E-state index is 12.7. The lowest BCUT2D eigenvalue weighted by atomic mass is 9.82. The van der Waals surface area contributed by atoms with Crippen molar-refractivity contribution in [2.75, 3.05) is 5.32 Å². The van der Waals surface area contributed by atoms with Crippen molar-refractivity contribution in [2.24, 2.45) is 0 Å². The Kier molecular flexibility index (Phi) is 5.17. The largest absolute Gasteiger partial charge is 0.507 e. The molecule has 5 rings (SSSR count). The predicted molar refractivity (Wildman–Crippen MR) is 122 cm³/mol. The molecule has 2 aromatic carbocycles. The first-order chi connectivity index (χ1) is 15.5. The van der Waals surface area contributed by atoms with Gasteiger partial charge in [0.05, 0.1) is 11.4 Å². The van der Waals surface area contributed by atoms with Crippen LogP contribution in [0.4, 0.5) is 10.5 Å². The number of rotatable bonds is 5. The Morgan fingerprint density at radius 2 is 1.78 bits per heavy atom. The van der Waals surface area contributed by atoms with Crippen molar-refractivity contribution in [1.29, 1.82) is 0 Å². The van der Waals surface area contributed by atoms with Crippen molar-refractivity contribution in [3.63, 3.8) is 0 Å². The van der Waals surface area contributed by atoms with Crippen molar-refractivity contribution in [3.05, 3.63) is 65.4 Å². The minimum Gasteiger partial charge on any atom is -0.507 e. The van der Waals surface area contributed by atoms with Crippen LogP contribution in [0.3, 0.4) is 0 Å². The summed E-state index contributed by atoms with van der Waals surface area (Å²) >= 11 is 0. The number of phenolic OH excluding ortho intramolecular Hbond substituents is 1. The molecule has 0 unspecified atom stereocenters. The topological polar surface area (TPSA) is 96.3 Å². The van der Waals surface area contributed by atoms with Gasteiger partial charge in [0.15, 0.2) is 0 Å². The third-order valence-electron chi connectivity index (χ3n) is 6.20. The van der Waals surface area contributed by atoms with Crippen molar-refractivity contribution >= 4 is 17.6 Å². The second kappa shape index (κ2) is 8.15. The fourth-order valence-electron chi connectivity index (χ4n) is 3.88. The SMILES string of the molecule is Cc1ccc(C(=O)Nc2ccc(-c3cc(C4CCC4)n(C(=O)NC4CC4)n3)c(O)c2)cc1. The smallest absolute Gasteiger partial charge is 0.342 e. The lowest BCUT2D eigenvalue weighted by molar-refractivity contribution is 0.102. The number of aromatic nitrogens is 2. The van der Waals surface area contributed by atoms with Crippen LogP contribution in [0.5, 0.6) is 5.75 Å². The average molecular weight is 431 g/mol. The van der Waals surface area contributed by atoms with Crippen molar-refractivity contribution in [2.45, 2.75) is 51.0 Å². The van der Waals surface area contributed by atoms with E-state index < -0.39 is 0 Å². The van der Waals surface area contributed by atoms with Crippen molar-refractivity contribution in [3.8, 4) is 17.0 Å². The zero-order valence-corrected chi connectivity index (χ0v) is 18.0. The molecule has 0 bridgehead atoms. The Morgan fingerprint density at radius 3 is 2.41 bits per heavy atom. The number of aromatic hydroxyl groups is 1. The Bertz CT molecular complexity index is 1170. The van der Waals surface area contributed by atoms with Crippen LogP contribution in [0, 0.1) is 6.92 Å². The summed E-state index contributed by atoms with van der Waals surface area (Å²) in [5, 5.41) is 21.0. The van der Waals surface area contributed by atoms with Crippen LogP contribution in [0.25, 0.3) is 11.3 Å². The number of amides is 2. The molecule has 3 aromatic rings. The molecule has 0 aliphatic heterocycles. The van der Waals surface area contributed by atoms with Gasteiger partial charge in [0.1, 0.15) is 5.75 Å². The highest BCUT2D eigenvalue weighted by atomic mass is 16.3. The number of anilines is 1. The van der Waals surface area contributed by atoms with E-state index in [1.165, 1.54) is 10.7 Å². The Labute approximate surface area is 186 Å². The Balaban J connectivity index is 1.38. The molecule has 2 aliphatic carbocycles. The molecule has 32 heavy (non-hydrogen) atoms. The molecule has 2 saturated carbocycles. The van der Waals surface area contributed by atoms with Gasteiger partial charge in [-0.15, -0.1) is 0 Å². The third-order valence-corrected chi connectivity index (χ3v) is 6.20. The number of phenols is 1. The molecule has 1 aromatic heterocycles. The van der Waals surface area contributed by atoms with E-state index in [9.17, 15) is 14.7 Å². The molecule has 1 heterocycles. The summed E-state index contributed by atoms with van der Waals surface area (Å²) in [5.41, 5.74) is 4.07. The minimum atomic E-state index is -0.245. The highest BCUT2D eigenvalue weighted by Gasteiger charge is 2.30. The molecular weight excluding hydrogens is 404 g/mol. The molecule has 3 N–H and O–H groups in total. The van der Waals surface area contributed by atoms with Gasteiger partial charge in [-0.1, -0.05) is 24.1 Å². The summed E-state index contributed by atoms with van der Waals surface area (Å²) in [5.74, 6) is 0.0703. The van der Waals surface area contributed by atoms with E-state index >= 15 is 0 Å². The monoisotopic (exact) mass is 430 g/mol. The Morgan fingerprint density at radius 1 is 1.03 bits per heavy atom. The summed E-state index contributed by atoms with van der Waals surface area (Å²) in [6.45, 7) is 1.96. The van der Waals surface area contributed by atoms with Crippen molar-refractivity contribution < 1.29 is 14.7 Å². The number of hydrogen-bond acceptors (Lipinski definition) is 4. The van der Waals surface area contributed by atoms with Crippen LogP contribution >= 0.6 is 0 Å². The molecule has 0 spiro atoms. The number of carbonyl (C=O) groups is 2. The highest BCUT2D eigenvalue weighted by Crippen LogP contribution is 2.39. The number of carbonyl (C=O) groups excluding carboxylic acids is 2. The molecule has 0 atom stereocenters. The normalized spacial score (nSPS) is 15.8. The number of nitrogens with one attached hydrogen (secondary N) is 2. The molecule has 164 valence electrons. The zero-order valence-electron chi connectivity index (χ0n) is 18.0. The molecule has 0 saturated heterocycles. The number of nitrogens with zero attached hydrogens (tertiary/aromatic N) is 2. The van der Waals surface area contributed by atoms with Gasteiger partial charge in [0.25, 0.3) is 5.91 Å². The molecule has 0 radical (unpaired) electrons. The van der Waals surface area contributed by atoms with Gasteiger partial charge in [-0.05, 0) is 62.9 Å². The molecule has 2 aliphatic rings. The third kappa shape index (κ3) is 4.10. The van der Waals surface area contributed by atoms with E-state index in [-0.39, 0.29) is 23.7 Å². The second-order valence-electron chi connectivity index (χ2n) is 8.77. The van der Waals surface area contributed by atoms with Crippen LogP contribution in [0.1, 0.15) is 59.6 Å². The summed E-state index contributed by atoms with van der Waals surface area (Å²) in [4.78, 5) is 25.2. The van der Waals surface area contributed by atoms with E-state index in [0.29, 0.717) is 28.4 Å². The van der Waals surface area contributed by atoms with Gasteiger partial charge in [-0.3, -0.25) is 4.79 Å². The first kappa shape index (κ1) is 20.3. The first-order valence-electron chi connectivity index (χ1n) is 11.1. The summed E-state index contributed by atoms with van der Waals surface area (Å²) in [6, 6.07) is 14.2. The summed E-state index contributed by atoms with van der Waals surface area (Å²) < 4.78 is 1.46. The first-order valence-corrected chi connectivity index (χ1v) is 11.1. The van der Waals surface area contributed by atoms with E-state index in [1.54, 1.807) is 24.3 Å². The highest BCUT2D eigenvalue weighted by molar-refractivity contribution is 6.04. The van der Waals surface area contributed by atoms with Gasteiger partial charge < -0.3 is 15.7 Å². The van der Waals surface area contributed by atoms with Crippen LogP contribution in [0.15, 0.2) is 48.5 Å². The van der Waals surface area contributed by atoms with Gasteiger partial charge in [0, 0.05) is 34.8 Å². The summed E-state index contributed by atoms with van der Waals surface area (Å²) in [7, 11) is 0. The zero-order chi connectivity index (χ0) is 22.2. The lowest BCUT2D eigenvalue weighted by Crippen LogP contribution is -2.33. The van der Waals surface area contributed by atoms with E-state index in [2.05, 4.69) is 15.7 Å². The van der Waals surface area contributed by atoms with Crippen LogP contribution in [-0.2, 0) is 0 Å². The van der Waals surface area contributed by atoms with Crippen molar-refractivity contribution in [1.82, 2.24) is 15.1 Å². The van der Waals surface area contributed by atoms with Crippen LogP contribution in [-0.4, -0.2) is 32.9 Å². The number of hydrogen-bond donors (Lipinski definition) is 3. The lowest BCUT2D eigenvalue weighted by Gasteiger charge is -2.25. The quantitative estimate of drug-likeness (QED) is 0.541. The van der Waals surface area contributed by atoms with Gasteiger partial charge in [-0.2, -0.15) is 9.78 Å². The maximum absolute atomic E-state index is 12.7. The summed E-state index contributed by atoms with van der Waals surface area (Å²) in [6.07, 6.45) is 5.25. The van der Waals surface area contributed by atoms with E-state index in [1.807, 2.05) is 25.1 Å². The minimum absolute atomic E-state index is 0.000818. The van der Waals surface area contributed by atoms with Crippen LogP contribution < -0.4 is 10.6 Å². The van der Waals surface area contributed by atoms with Gasteiger partial charge in [0.2, 0.25) is 0 Å². The fourth-order valence-corrected chi connectivity index (χ4v) is 3.88. The van der Waals surface area contributed by atoms with Crippen LogP contribution in [0.2, 0.25) is 0 Å². The number of benzene rings is 2. The standard InChI is InChI=1S/C25H26N4O3/c1-15-5-7-17(8-6-15)24(31)26-19-11-12-20(23(30)13-19)21-14-22(16-3-2-4-16)29(28-21)25(32)27-18-9-10-18/h5-8,11-14,16,18,30H,2-4,9-10H2,1H3,(H,26,31)(H,27,32). The molecule has 7 heteroatoms. The molecule has 7 nitrogen and oxygen atoms in total. The predicted octanol–water partition coefficient (Wildman–Crippen LogP) is 4.80. The average Bonchev–Trinajstić information content (AvgIpc) is 3.44. The van der Waals surface area contributed by atoms with E-state index in [4.69, 9.17) is 0 Å². The Hall–Kier alpha value is -3.61.